The first-order valence-corrected chi connectivity index (χ1v) is 7.13. The van der Waals surface area contributed by atoms with E-state index in [1.165, 1.54) is 12.1 Å². The lowest BCUT2D eigenvalue weighted by Gasteiger charge is -2.29. The second kappa shape index (κ2) is 6.26. The first-order chi connectivity index (χ1) is 7.97. The van der Waals surface area contributed by atoms with Gasteiger partial charge in [0, 0.05) is 30.6 Å². The van der Waals surface area contributed by atoms with E-state index >= 15 is 0 Å². The van der Waals surface area contributed by atoms with E-state index < -0.39 is 0 Å². The maximum atomic E-state index is 13.2. The minimum atomic E-state index is -0.230. The van der Waals surface area contributed by atoms with E-state index in [1.54, 1.807) is 11.8 Å². The highest BCUT2D eigenvalue weighted by molar-refractivity contribution is 7.98. The van der Waals surface area contributed by atoms with Crippen molar-refractivity contribution in [3.8, 4) is 0 Å². The highest BCUT2D eigenvalue weighted by atomic mass is 32.2. The summed E-state index contributed by atoms with van der Waals surface area (Å²) in [6, 6.07) is 5.06. The molecule has 0 aliphatic carbocycles. The number of thioether (sulfide) groups is 1. The molecule has 0 bridgehead atoms. The minimum Gasteiger partial charge on any atom is -0.371 e. The van der Waals surface area contributed by atoms with Crippen molar-refractivity contribution in [2.75, 3.05) is 24.0 Å². The molecule has 0 fully saturated rings. The van der Waals surface area contributed by atoms with Crippen LogP contribution in [0.15, 0.2) is 18.2 Å². The topological polar surface area (TPSA) is 29.3 Å². The van der Waals surface area contributed by atoms with E-state index in [0.29, 0.717) is 6.04 Å². The van der Waals surface area contributed by atoms with Gasteiger partial charge in [0.2, 0.25) is 0 Å². The molecular formula is C13H21FN2S. The van der Waals surface area contributed by atoms with Crippen molar-refractivity contribution in [1.29, 1.82) is 0 Å². The summed E-state index contributed by atoms with van der Waals surface area (Å²) in [4.78, 5) is 2.16. The van der Waals surface area contributed by atoms with Gasteiger partial charge in [0.15, 0.2) is 0 Å². The van der Waals surface area contributed by atoms with Gasteiger partial charge in [0.1, 0.15) is 5.82 Å². The number of benzene rings is 1. The molecular weight excluding hydrogens is 235 g/mol. The zero-order chi connectivity index (χ0) is 13.0. The molecule has 0 radical (unpaired) electrons. The third-order valence-electron chi connectivity index (χ3n) is 2.93. The van der Waals surface area contributed by atoms with Gasteiger partial charge in [-0.25, -0.2) is 4.39 Å². The van der Waals surface area contributed by atoms with Crippen molar-refractivity contribution >= 4 is 17.4 Å². The number of rotatable bonds is 5. The molecule has 2 nitrogen and oxygen atoms in total. The Bertz CT molecular complexity index is 368. The molecule has 0 saturated carbocycles. The number of hydrogen-bond donors (Lipinski definition) is 1. The molecule has 17 heavy (non-hydrogen) atoms. The van der Waals surface area contributed by atoms with Crippen LogP contribution in [0.25, 0.3) is 0 Å². The van der Waals surface area contributed by atoms with Crippen LogP contribution in [-0.2, 0) is 0 Å². The van der Waals surface area contributed by atoms with Crippen LogP contribution in [0.5, 0.6) is 0 Å². The quantitative estimate of drug-likeness (QED) is 0.878. The predicted octanol–water partition coefficient (Wildman–Crippen LogP) is 3.03. The predicted molar refractivity (Wildman–Crippen MR) is 75.2 cm³/mol. The molecule has 1 unspecified atom stereocenters. The average molecular weight is 256 g/mol. The fourth-order valence-electron chi connectivity index (χ4n) is 1.80. The van der Waals surface area contributed by atoms with Crippen LogP contribution in [-0.4, -0.2) is 25.1 Å². The molecule has 0 spiro atoms. The lowest BCUT2D eigenvalue weighted by atomic mass is 10.0. The maximum Gasteiger partial charge on any atom is 0.123 e. The number of anilines is 1. The Kier molecular flexibility index (Phi) is 5.28. The highest BCUT2D eigenvalue weighted by Gasteiger charge is 2.15. The standard InChI is InChI=1S/C13H21FN2S/c1-9(8-17-4)16(3)13-6-5-11(14)7-12(13)10(2)15/h5-7,9-10H,8,15H2,1-4H3/t9?,10-/m1/s1. The van der Waals surface area contributed by atoms with Gasteiger partial charge in [-0.2, -0.15) is 11.8 Å². The zero-order valence-electron chi connectivity index (χ0n) is 10.9. The molecule has 0 aliphatic heterocycles. The molecule has 0 saturated heterocycles. The number of hydrogen-bond acceptors (Lipinski definition) is 3. The molecule has 1 rings (SSSR count). The zero-order valence-corrected chi connectivity index (χ0v) is 11.7. The second-order valence-electron chi connectivity index (χ2n) is 4.41. The maximum absolute atomic E-state index is 13.2. The lowest BCUT2D eigenvalue weighted by Crippen LogP contribution is -2.32. The summed E-state index contributed by atoms with van der Waals surface area (Å²) in [6.07, 6.45) is 2.08. The number of halogens is 1. The van der Waals surface area contributed by atoms with Crippen molar-refractivity contribution in [3.05, 3.63) is 29.6 Å². The van der Waals surface area contributed by atoms with Crippen LogP contribution < -0.4 is 10.6 Å². The normalized spacial score (nSPS) is 14.5. The third kappa shape index (κ3) is 3.61. The number of nitrogens with zero attached hydrogens (tertiary/aromatic N) is 1. The summed E-state index contributed by atoms with van der Waals surface area (Å²) in [7, 11) is 2.03. The molecule has 1 aromatic carbocycles. The van der Waals surface area contributed by atoms with Crippen LogP contribution in [0, 0.1) is 5.82 Å². The fraction of sp³-hybridized carbons (Fsp3) is 0.538. The van der Waals surface area contributed by atoms with E-state index in [-0.39, 0.29) is 11.9 Å². The van der Waals surface area contributed by atoms with E-state index in [1.807, 2.05) is 20.0 Å². The van der Waals surface area contributed by atoms with Gasteiger partial charge >= 0.3 is 0 Å². The first-order valence-electron chi connectivity index (χ1n) is 5.74. The van der Waals surface area contributed by atoms with Crippen molar-refractivity contribution in [3.63, 3.8) is 0 Å². The van der Waals surface area contributed by atoms with Crippen LogP contribution in [0.4, 0.5) is 10.1 Å². The van der Waals surface area contributed by atoms with Crippen molar-refractivity contribution in [1.82, 2.24) is 0 Å². The summed E-state index contributed by atoms with van der Waals surface area (Å²) in [6.45, 7) is 4.04. The molecule has 0 aromatic heterocycles. The average Bonchev–Trinajstić information content (AvgIpc) is 2.28. The highest BCUT2D eigenvalue weighted by Crippen LogP contribution is 2.27. The Morgan fingerprint density at radius 1 is 1.41 bits per heavy atom. The van der Waals surface area contributed by atoms with Crippen molar-refractivity contribution in [2.45, 2.75) is 25.9 Å². The molecule has 2 atom stereocenters. The van der Waals surface area contributed by atoms with Crippen LogP contribution in [0.2, 0.25) is 0 Å². The largest absolute Gasteiger partial charge is 0.371 e. The molecule has 0 amide bonds. The van der Waals surface area contributed by atoms with E-state index in [0.717, 1.165) is 17.0 Å². The Morgan fingerprint density at radius 2 is 2.06 bits per heavy atom. The Labute approximate surface area is 107 Å². The van der Waals surface area contributed by atoms with Gasteiger partial charge in [-0.05, 0) is 43.9 Å². The van der Waals surface area contributed by atoms with Crippen LogP contribution in [0.1, 0.15) is 25.5 Å². The Balaban J connectivity index is 3.03. The summed E-state index contributed by atoms with van der Waals surface area (Å²) in [5.74, 6) is 0.804. The fourth-order valence-corrected chi connectivity index (χ4v) is 2.51. The van der Waals surface area contributed by atoms with E-state index in [4.69, 9.17) is 5.73 Å². The monoisotopic (exact) mass is 256 g/mol. The second-order valence-corrected chi connectivity index (χ2v) is 5.32. The summed E-state index contributed by atoms with van der Waals surface area (Å²) in [5, 5.41) is 0. The molecule has 2 N–H and O–H groups in total. The molecule has 0 aliphatic rings. The summed E-state index contributed by atoms with van der Waals surface area (Å²) >= 11 is 1.80. The van der Waals surface area contributed by atoms with E-state index in [9.17, 15) is 4.39 Å². The van der Waals surface area contributed by atoms with Crippen LogP contribution in [0.3, 0.4) is 0 Å². The third-order valence-corrected chi connectivity index (χ3v) is 3.74. The first kappa shape index (κ1) is 14.3. The van der Waals surface area contributed by atoms with Crippen molar-refractivity contribution in [2.24, 2.45) is 5.73 Å². The SMILES string of the molecule is CSCC(C)N(C)c1ccc(F)cc1[C@@H](C)N. The van der Waals surface area contributed by atoms with Crippen molar-refractivity contribution < 1.29 is 4.39 Å². The minimum absolute atomic E-state index is 0.162. The van der Waals surface area contributed by atoms with Gasteiger partial charge in [-0.15, -0.1) is 0 Å². The molecule has 96 valence electrons. The van der Waals surface area contributed by atoms with Gasteiger partial charge in [-0.1, -0.05) is 0 Å². The van der Waals surface area contributed by atoms with Gasteiger partial charge in [-0.3, -0.25) is 0 Å². The van der Waals surface area contributed by atoms with Gasteiger partial charge in [0.25, 0.3) is 0 Å². The lowest BCUT2D eigenvalue weighted by molar-refractivity contribution is 0.621. The Hall–Kier alpha value is -0.740. The Morgan fingerprint density at radius 3 is 2.59 bits per heavy atom. The number of nitrogens with two attached hydrogens (primary N) is 1. The molecule has 4 heteroatoms. The molecule has 1 aromatic rings. The summed E-state index contributed by atoms with van der Waals surface area (Å²) < 4.78 is 13.2. The molecule has 0 heterocycles. The van der Waals surface area contributed by atoms with Crippen LogP contribution >= 0.6 is 11.8 Å². The van der Waals surface area contributed by atoms with Gasteiger partial charge in [0.05, 0.1) is 0 Å². The van der Waals surface area contributed by atoms with Gasteiger partial charge < -0.3 is 10.6 Å². The summed E-state index contributed by atoms with van der Waals surface area (Å²) in [5.41, 5.74) is 7.77. The van der Waals surface area contributed by atoms with E-state index in [2.05, 4.69) is 18.1 Å². The smallest absolute Gasteiger partial charge is 0.123 e.